The Morgan fingerprint density at radius 3 is 2.74 bits per heavy atom. The maximum atomic E-state index is 14.7. The van der Waals surface area contributed by atoms with Crippen LogP contribution in [0.15, 0.2) is 47.6 Å². The molecule has 0 saturated carbocycles. The summed E-state index contributed by atoms with van der Waals surface area (Å²) in [6.45, 7) is 2.74. The fourth-order valence-corrected chi connectivity index (χ4v) is 5.31. The summed E-state index contributed by atoms with van der Waals surface area (Å²) in [6, 6.07) is 9.22. The molecule has 0 spiro atoms. The SMILES string of the molecule is COc1cc(C(=O)NC[C@H](C)O)ccc1NCC#Cc1cc2c(N[C@@H]3CCN(C)C[C@@H]3F)cccn2c1SC(F)(F)F. The first kappa shape index (κ1) is 31.3. The van der Waals surface area contributed by atoms with Crippen molar-refractivity contribution in [3.05, 3.63) is 53.7 Å². The van der Waals surface area contributed by atoms with Crippen LogP contribution in [0.1, 0.15) is 29.3 Å². The van der Waals surface area contributed by atoms with Gasteiger partial charge in [-0.2, -0.15) is 13.2 Å². The lowest BCUT2D eigenvalue weighted by atomic mass is 10.0. The summed E-state index contributed by atoms with van der Waals surface area (Å²) in [5.41, 5.74) is -2.48. The molecule has 42 heavy (non-hydrogen) atoms. The first-order chi connectivity index (χ1) is 19.9. The number of piperidine rings is 1. The number of anilines is 2. The minimum Gasteiger partial charge on any atom is -0.495 e. The predicted octanol–water partition coefficient (Wildman–Crippen LogP) is 4.59. The zero-order valence-corrected chi connectivity index (χ0v) is 24.2. The van der Waals surface area contributed by atoms with Gasteiger partial charge in [0, 0.05) is 43.2 Å². The van der Waals surface area contributed by atoms with Gasteiger partial charge in [-0.3, -0.25) is 4.79 Å². The average molecular weight is 608 g/mol. The van der Waals surface area contributed by atoms with Gasteiger partial charge in [0.05, 0.1) is 48.3 Å². The highest BCUT2D eigenvalue weighted by Gasteiger charge is 2.33. The van der Waals surface area contributed by atoms with Crippen LogP contribution >= 0.6 is 11.8 Å². The lowest BCUT2D eigenvalue weighted by molar-refractivity contribution is -0.0329. The summed E-state index contributed by atoms with van der Waals surface area (Å²) in [5, 5.41) is 18.1. The quantitative estimate of drug-likeness (QED) is 0.161. The Labute approximate surface area is 245 Å². The lowest BCUT2D eigenvalue weighted by Crippen LogP contribution is -2.46. The molecular formula is C29H33F4N5O3S. The topological polar surface area (TPSA) is 90.3 Å². The number of carbonyl (C=O) groups excluding carboxylic acids is 1. The van der Waals surface area contributed by atoms with Crippen molar-refractivity contribution in [1.29, 1.82) is 0 Å². The molecule has 1 saturated heterocycles. The van der Waals surface area contributed by atoms with Crippen molar-refractivity contribution < 1.29 is 32.2 Å². The Balaban J connectivity index is 1.54. The van der Waals surface area contributed by atoms with E-state index in [1.54, 1.807) is 37.3 Å². The summed E-state index contributed by atoms with van der Waals surface area (Å²) < 4.78 is 62.0. The van der Waals surface area contributed by atoms with Gasteiger partial charge < -0.3 is 35.1 Å². The number of carbonyl (C=O) groups is 1. The van der Waals surface area contributed by atoms with E-state index in [0.717, 1.165) is 0 Å². The van der Waals surface area contributed by atoms with Crippen LogP contribution in [0.2, 0.25) is 0 Å². The third-order valence-electron chi connectivity index (χ3n) is 6.67. The molecule has 3 atom stereocenters. The number of fused-ring (bicyclic) bond motifs is 1. The van der Waals surface area contributed by atoms with Gasteiger partial charge in [0.1, 0.15) is 16.9 Å². The van der Waals surface area contributed by atoms with Crippen molar-refractivity contribution in [3.8, 4) is 17.6 Å². The number of aliphatic hydroxyl groups excluding tert-OH is 1. The molecule has 1 aliphatic rings. The van der Waals surface area contributed by atoms with E-state index in [2.05, 4.69) is 27.8 Å². The number of nitrogens with one attached hydrogen (secondary N) is 3. The highest BCUT2D eigenvalue weighted by atomic mass is 32.2. The van der Waals surface area contributed by atoms with Crippen LogP contribution < -0.4 is 20.7 Å². The van der Waals surface area contributed by atoms with Crippen molar-refractivity contribution in [2.24, 2.45) is 0 Å². The molecular weight excluding hydrogens is 574 g/mol. The molecule has 4 rings (SSSR count). The number of halogens is 4. The molecule has 0 radical (unpaired) electrons. The molecule has 3 heterocycles. The number of thioether (sulfide) groups is 1. The number of amides is 1. The van der Waals surface area contributed by atoms with Gasteiger partial charge in [0.2, 0.25) is 0 Å². The number of methoxy groups -OCH3 is 1. The Bertz CT molecular complexity index is 1470. The maximum absolute atomic E-state index is 14.7. The van der Waals surface area contributed by atoms with Gasteiger partial charge in [0.25, 0.3) is 5.91 Å². The highest BCUT2D eigenvalue weighted by molar-refractivity contribution is 8.00. The van der Waals surface area contributed by atoms with Crippen LogP contribution in [0.5, 0.6) is 5.75 Å². The van der Waals surface area contributed by atoms with E-state index in [0.29, 0.717) is 41.2 Å². The number of aromatic nitrogens is 1. The highest BCUT2D eigenvalue weighted by Crippen LogP contribution is 2.41. The molecule has 13 heteroatoms. The number of nitrogens with zero attached hydrogens (tertiary/aromatic N) is 2. The largest absolute Gasteiger partial charge is 0.495 e. The number of benzene rings is 1. The maximum Gasteiger partial charge on any atom is 0.447 e. The minimum absolute atomic E-state index is 0.0798. The molecule has 0 aliphatic carbocycles. The molecule has 1 aromatic carbocycles. The standard InChI is InChI=1S/C29H33F4N5O3S/c1-18(39)16-35-27(40)19-8-9-24(26(15-19)41-3)34-11-4-6-20-14-25-23(36-22-10-13-37(2)17-21(22)30)7-5-12-38(25)28(20)42-29(31,32)33/h5,7-9,12,14-15,18,21-22,34,36,39H,10-11,13,16-17H2,1-3H3,(H,35,40)/t18-,21-,22+/m0/s1. The number of pyridine rings is 1. The van der Waals surface area contributed by atoms with Crippen molar-refractivity contribution in [2.45, 2.75) is 42.2 Å². The first-order valence-electron chi connectivity index (χ1n) is 13.3. The molecule has 1 aliphatic heterocycles. The van der Waals surface area contributed by atoms with Crippen molar-refractivity contribution in [3.63, 3.8) is 0 Å². The van der Waals surface area contributed by atoms with E-state index in [9.17, 15) is 27.5 Å². The van der Waals surface area contributed by atoms with Crippen LogP contribution in [0, 0.1) is 11.8 Å². The second-order valence-corrected chi connectivity index (χ2v) is 11.1. The van der Waals surface area contributed by atoms with Crippen LogP contribution in [0.25, 0.3) is 5.52 Å². The molecule has 4 N–H and O–H groups in total. The van der Waals surface area contributed by atoms with Crippen molar-refractivity contribution in [1.82, 2.24) is 14.6 Å². The van der Waals surface area contributed by atoms with Gasteiger partial charge in [-0.05, 0) is 56.8 Å². The fourth-order valence-electron chi connectivity index (χ4n) is 4.62. The van der Waals surface area contributed by atoms with E-state index in [-0.39, 0.29) is 47.9 Å². The summed E-state index contributed by atoms with van der Waals surface area (Å²) in [5.74, 6) is 5.71. The molecule has 8 nitrogen and oxygen atoms in total. The lowest BCUT2D eigenvalue weighted by Gasteiger charge is -2.33. The molecule has 0 bridgehead atoms. The third kappa shape index (κ3) is 8.02. The van der Waals surface area contributed by atoms with E-state index in [1.165, 1.54) is 23.8 Å². The number of rotatable bonds is 9. The Morgan fingerprint density at radius 1 is 1.26 bits per heavy atom. The summed E-state index contributed by atoms with van der Waals surface area (Å²) in [6.07, 6.45) is 0.300. The smallest absolute Gasteiger partial charge is 0.447 e. The second-order valence-electron chi connectivity index (χ2n) is 10.0. The normalized spacial score (nSPS) is 18.2. The first-order valence-corrected chi connectivity index (χ1v) is 14.1. The number of hydrogen-bond donors (Lipinski definition) is 4. The number of hydrogen-bond acceptors (Lipinski definition) is 7. The zero-order valence-electron chi connectivity index (χ0n) is 23.4. The van der Waals surface area contributed by atoms with Gasteiger partial charge in [-0.1, -0.05) is 11.8 Å². The van der Waals surface area contributed by atoms with Crippen LogP contribution in [0.4, 0.5) is 28.9 Å². The monoisotopic (exact) mass is 607 g/mol. The summed E-state index contributed by atoms with van der Waals surface area (Å²) in [4.78, 5) is 14.2. The second kappa shape index (κ2) is 13.6. The molecule has 1 amide bonds. The fraction of sp³-hybridized carbons (Fsp3) is 0.414. The molecule has 1 fully saturated rings. The predicted molar refractivity (Wildman–Crippen MR) is 156 cm³/mol. The van der Waals surface area contributed by atoms with E-state index in [1.807, 2.05) is 11.9 Å². The Hall–Kier alpha value is -3.60. The van der Waals surface area contributed by atoms with Gasteiger partial charge in [-0.15, -0.1) is 0 Å². The van der Waals surface area contributed by atoms with Gasteiger partial charge in [0.15, 0.2) is 0 Å². The minimum atomic E-state index is -4.54. The molecule has 3 aromatic rings. The molecule has 2 aromatic heterocycles. The number of alkyl halides is 4. The van der Waals surface area contributed by atoms with Crippen LogP contribution in [-0.2, 0) is 0 Å². The summed E-state index contributed by atoms with van der Waals surface area (Å²) >= 11 is -0.252. The number of aliphatic hydroxyl groups is 1. The summed E-state index contributed by atoms with van der Waals surface area (Å²) in [7, 11) is 3.29. The van der Waals surface area contributed by atoms with Crippen molar-refractivity contribution in [2.75, 3.05) is 51.0 Å². The van der Waals surface area contributed by atoms with Crippen LogP contribution in [-0.4, -0.2) is 84.5 Å². The van der Waals surface area contributed by atoms with E-state index >= 15 is 0 Å². The third-order valence-corrected chi connectivity index (χ3v) is 7.52. The molecule has 226 valence electrons. The van der Waals surface area contributed by atoms with E-state index < -0.39 is 23.8 Å². The number of ether oxygens (including phenoxy) is 1. The molecule has 0 unspecified atom stereocenters. The zero-order chi connectivity index (χ0) is 30.4. The van der Waals surface area contributed by atoms with Gasteiger partial charge in [-0.25, -0.2) is 4.39 Å². The van der Waals surface area contributed by atoms with E-state index in [4.69, 9.17) is 4.74 Å². The average Bonchev–Trinajstić information content (AvgIpc) is 3.27. The van der Waals surface area contributed by atoms with Crippen LogP contribution in [0.3, 0.4) is 0 Å². The Kier molecular flexibility index (Phi) is 10.1. The van der Waals surface area contributed by atoms with Gasteiger partial charge >= 0.3 is 5.51 Å². The number of likely N-dealkylation sites (tertiary alicyclic amines) is 1. The Morgan fingerprint density at radius 2 is 2.05 bits per heavy atom. The van der Waals surface area contributed by atoms with Crippen molar-refractivity contribution >= 4 is 34.6 Å².